The van der Waals surface area contributed by atoms with E-state index >= 15 is 0 Å². The number of aromatic nitrogens is 1. The van der Waals surface area contributed by atoms with Crippen LogP contribution < -0.4 is 4.87 Å². The van der Waals surface area contributed by atoms with Crippen molar-refractivity contribution in [3.63, 3.8) is 0 Å². The Hall–Kier alpha value is 0.0139. The molecule has 2 aromatic rings. The third kappa shape index (κ3) is 1.78. The van der Waals surface area contributed by atoms with Gasteiger partial charge >= 0.3 is 0 Å². The number of H-pyrrole nitrogens is 1. The molecule has 0 bridgehead atoms. The molecule has 0 unspecified atom stereocenters. The fourth-order valence-electron chi connectivity index (χ4n) is 0.838. The molecule has 0 amide bonds. The van der Waals surface area contributed by atoms with Crippen LogP contribution in [0.25, 0.3) is 10.2 Å². The van der Waals surface area contributed by atoms with Crippen molar-refractivity contribution in [2.24, 2.45) is 0 Å². The molecule has 4 heteroatoms. The topological polar surface area (TPSA) is 32.9 Å². The van der Waals surface area contributed by atoms with E-state index in [1.807, 2.05) is 6.07 Å². The summed E-state index contributed by atoms with van der Waals surface area (Å²) in [6.07, 6.45) is 0. The van der Waals surface area contributed by atoms with E-state index in [1.165, 1.54) is 11.3 Å². The Morgan fingerprint density at radius 2 is 2.36 bits per heavy atom. The maximum absolute atomic E-state index is 10.7. The van der Waals surface area contributed by atoms with Crippen molar-refractivity contribution in [3.05, 3.63) is 33.9 Å². The van der Waals surface area contributed by atoms with Gasteiger partial charge in [0, 0.05) is 32.7 Å². The zero-order valence-corrected chi connectivity index (χ0v) is 9.28. The predicted octanol–water partition coefficient (Wildman–Crippen LogP) is 1.39. The van der Waals surface area contributed by atoms with Crippen molar-refractivity contribution in [2.45, 2.75) is 0 Å². The molecule has 1 radical (unpaired) electrons. The number of fused-ring (bicyclic) bond motifs is 1. The summed E-state index contributed by atoms with van der Waals surface area (Å²) in [6.45, 7) is 0. The molecule has 0 fully saturated rings. The van der Waals surface area contributed by atoms with Crippen molar-refractivity contribution in [1.82, 2.24) is 4.98 Å². The van der Waals surface area contributed by atoms with Crippen molar-refractivity contribution in [1.29, 1.82) is 0 Å². The number of hydrogen-bond acceptors (Lipinski definition) is 2. The van der Waals surface area contributed by atoms with E-state index in [0.29, 0.717) is 0 Å². The minimum Gasteiger partial charge on any atom is -0.336 e. The SMILES string of the molecule is O=c1[nH]c2cc[c-]cc2s1.[Y]. The number of thiazole rings is 1. The largest absolute Gasteiger partial charge is 0.336 e. The van der Waals surface area contributed by atoms with Crippen LogP contribution in [-0.2, 0) is 32.7 Å². The summed E-state index contributed by atoms with van der Waals surface area (Å²) in [6, 6.07) is 8.33. The summed E-state index contributed by atoms with van der Waals surface area (Å²) in [4.78, 5) is 13.4. The zero-order valence-electron chi connectivity index (χ0n) is 5.63. The van der Waals surface area contributed by atoms with Crippen LogP contribution in [0.3, 0.4) is 0 Å². The molecule has 1 heterocycles. The molecule has 2 rings (SSSR count). The van der Waals surface area contributed by atoms with Gasteiger partial charge in [0.1, 0.15) is 0 Å². The Balaban J connectivity index is 0.000000605. The second-order valence-electron chi connectivity index (χ2n) is 1.94. The van der Waals surface area contributed by atoms with E-state index in [1.54, 1.807) is 12.1 Å². The van der Waals surface area contributed by atoms with Gasteiger partial charge in [0.05, 0.1) is 0 Å². The first-order valence-corrected chi connectivity index (χ1v) is 3.67. The number of aromatic amines is 1. The molecule has 1 N–H and O–H groups in total. The maximum atomic E-state index is 10.7. The Labute approximate surface area is 92.5 Å². The Bertz CT molecular complexity index is 370. The first-order chi connectivity index (χ1) is 4.86. The molecule has 0 spiro atoms. The maximum Gasteiger partial charge on any atom is 0.291 e. The Morgan fingerprint density at radius 3 is 3.09 bits per heavy atom. The Kier molecular flexibility index (Phi) is 2.99. The molecule has 0 aliphatic heterocycles. The normalized spacial score (nSPS) is 9.45. The van der Waals surface area contributed by atoms with E-state index in [-0.39, 0.29) is 37.6 Å². The van der Waals surface area contributed by atoms with Crippen LogP contribution in [0.15, 0.2) is 23.0 Å². The van der Waals surface area contributed by atoms with Crippen molar-refractivity contribution in [3.8, 4) is 0 Å². The van der Waals surface area contributed by atoms with Crippen LogP contribution in [0.5, 0.6) is 0 Å². The molecular formula is C7H4NOSY-. The van der Waals surface area contributed by atoms with Gasteiger partial charge in [-0.05, 0) is 0 Å². The summed E-state index contributed by atoms with van der Waals surface area (Å²) in [5.74, 6) is 0. The minimum absolute atomic E-state index is 0. The van der Waals surface area contributed by atoms with E-state index < -0.39 is 0 Å². The molecule has 0 atom stereocenters. The molecule has 1 aromatic heterocycles. The van der Waals surface area contributed by atoms with E-state index in [0.717, 1.165) is 10.2 Å². The fourth-order valence-corrected chi connectivity index (χ4v) is 1.55. The number of nitrogens with one attached hydrogen (secondary N) is 1. The van der Waals surface area contributed by atoms with Crippen LogP contribution in [0.2, 0.25) is 0 Å². The van der Waals surface area contributed by atoms with Gasteiger partial charge in [-0.25, -0.2) is 0 Å². The van der Waals surface area contributed by atoms with Crippen LogP contribution in [0, 0.1) is 6.07 Å². The summed E-state index contributed by atoms with van der Waals surface area (Å²) in [5, 5.41) is 0. The van der Waals surface area contributed by atoms with Gasteiger partial charge in [-0.2, -0.15) is 18.2 Å². The zero-order chi connectivity index (χ0) is 6.97. The van der Waals surface area contributed by atoms with Gasteiger partial charge in [0.2, 0.25) is 0 Å². The fraction of sp³-hybridized carbons (Fsp3) is 0. The molecule has 11 heavy (non-hydrogen) atoms. The van der Waals surface area contributed by atoms with E-state index in [2.05, 4.69) is 11.1 Å². The minimum atomic E-state index is -0.00500. The van der Waals surface area contributed by atoms with E-state index in [4.69, 9.17) is 0 Å². The smallest absolute Gasteiger partial charge is 0.291 e. The number of rotatable bonds is 0. The first-order valence-electron chi connectivity index (χ1n) is 2.85. The monoisotopic (exact) mass is 239 g/mol. The van der Waals surface area contributed by atoms with Gasteiger partial charge < -0.3 is 4.98 Å². The molecule has 0 aliphatic carbocycles. The molecule has 0 saturated heterocycles. The van der Waals surface area contributed by atoms with Crippen molar-refractivity contribution >= 4 is 21.6 Å². The summed E-state index contributed by atoms with van der Waals surface area (Å²) < 4.78 is 0.965. The summed E-state index contributed by atoms with van der Waals surface area (Å²) in [7, 11) is 0. The van der Waals surface area contributed by atoms with E-state index in [9.17, 15) is 4.79 Å². The van der Waals surface area contributed by atoms with Crippen LogP contribution in [0.1, 0.15) is 0 Å². The van der Waals surface area contributed by atoms with Crippen LogP contribution >= 0.6 is 11.3 Å². The quantitative estimate of drug-likeness (QED) is 0.692. The second-order valence-corrected chi connectivity index (χ2v) is 2.95. The van der Waals surface area contributed by atoms with Gasteiger partial charge in [0.15, 0.2) is 0 Å². The van der Waals surface area contributed by atoms with Gasteiger partial charge in [-0.1, -0.05) is 10.2 Å². The third-order valence-electron chi connectivity index (χ3n) is 1.27. The summed E-state index contributed by atoms with van der Waals surface area (Å²) >= 11 is 1.21. The van der Waals surface area contributed by atoms with Crippen LogP contribution in [0.4, 0.5) is 0 Å². The third-order valence-corrected chi connectivity index (χ3v) is 2.11. The molecule has 0 aliphatic rings. The molecule has 2 nitrogen and oxygen atoms in total. The van der Waals surface area contributed by atoms with Gasteiger partial charge in [-0.15, -0.1) is 17.4 Å². The average Bonchev–Trinajstić information content (AvgIpc) is 2.27. The van der Waals surface area contributed by atoms with Gasteiger partial charge in [-0.3, -0.25) is 4.79 Å². The predicted molar refractivity (Wildman–Crippen MR) is 41.3 cm³/mol. The van der Waals surface area contributed by atoms with Crippen molar-refractivity contribution < 1.29 is 32.7 Å². The summed E-state index contributed by atoms with van der Waals surface area (Å²) in [5.41, 5.74) is 0.897. The molecule has 1 aromatic carbocycles. The standard InChI is InChI=1S/C7H4NOS.Y/c9-7-8-5-3-1-2-4-6(5)10-7;/h1,3-4H,(H,8,9);/q-1;. The van der Waals surface area contributed by atoms with Crippen LogP contribution in [-0.4, -0.2) is 4.98 Å². The molecular weight excluding hydrogens is 235 g/mol. The molecule has 53 valence electrons. The van der Waals surface area contributed by atoms with Crippen molar-refractivity contribution in [2.75, 3.05) is 0 Å². The second kappa shape index (κ2) is 3.61. The molecule has 0 saturated carbocycles. The average molecular weight is 239 g/mol. The first kappa shape index (κ1) is 9.10. The Morgan fingerprint density at radius 1 is 1.55 bits per heavy atom. The number of hydrogen-bond donors (Lipinski definition) is 1. The van der Waals surface area contributed by atoms with Gasteiger partial charge in [0.25, 0.3) is 4.87 Å². The number of benzene rings is 1.